The molecule has 1 fully saturated rings. The Balaban J connectivity index is 2.20. The van der Waals surface area contributed by atoms with Crippen LogP contribution in [0.2, 0.25) is 0 Å². The fraction of sp³-hybridized carbons (Fsp3) is 0.786. The molecule has 1 aromatic heterocycles. The van der Waals surface area contributed by atoms with Crippen LogP contribution in [0.25, 0.3) is 0 Å². The van der Waals surface area contributed by atoms with Gasteiger partial charge in [0, 0.05) is 12.6 Å². The Labute approximate surface area is 114 Å². The minimum atomic E-state index is 0.137. The van der Waals surface area contributed by atoms with Gasteiger partial charge in [-0.2, -0.15) is 0 Å². The number of hydrogen-bond acceptors (Lipinski definition) is 4. The van der Waals surface area contributed by atoms with E-state index in [1.54, 1.807) is 11.3 Å². The van der Waals surface area contributed by atoms with E-state index < -0.39 is 0 Å². The second-order valence-electron chi connectivity index (χ2n) is 5.03. The van der Waals surface area contributed by atoms with Crippen molar-refractivity contribution in [3.63, 3.8) is 0 Å². The zero-order chi connectivity index (χ0) is 13.0. The number of piperidine rings is 1. The van der Waals surface area contributed by atoms with Crippen LogP contribution >= 0.6 is 11.3 Å². The summed E-state index contributed by atoms with van der Waals surface area (Å²) in [6.45, 7) is 5.69. The summed E-state index contributed by atoms with van der Waals surface area (Å²) in [5, 5.41) is 10.6. The molecule has 0 radical (unpaired) electrons. The third-order valence-electron chi connectivity index (χ3n) is 3.74. The fourth-order valence-corrected chi connectivity index (χ4v) is 3.79. The maximum atomic E-state index is 9.43. The van der Waals surface area contributed by atoms with Gasteiger partial charge in [-0.1, -0.05) is 31.6 Å². The number of aryl methyl sites for hydroxylation is 1. The van der Waals surface area contributed by atoms with Gasteiger partial charge in [0.05, 0.1) is 17.2 Å². The molecule has 2 rings (SSSR count). The molecule has 3 nitrogen and oxygen atoms in total. The van der Waals surface area contributed by atoms with Crippen LogP contribution in [0.5, 0.6) is 0 Å². The Hall–Kier alpha value is -0.610. The topological polar surface area (TPSA) is 36.4 Å². The van der Waals surface area contributed by atoms with Gasteiger partial charge in [-0.05, 0) is 32.1 Å². The van der Waals surface area contributed by atoms with Gasteiger partial charge in [0.1, 0.15) is 0 Å². The predicted octanol–water partition coefficient (Wildman–Crippen LogP) is 3.36. The number of aliphatic hydroxyl groups excluding tert-OH is 1. The highest BCUT2D eigenvalue weighted by Gasteiger charge is 2.24. The molecule has 1 unspecified atom stereocenters. The maximum absolute atomic E-state index is 9.43. The third kappa shape index (κ3) is 2.86. The minimum Gasteiger partial charge on any atom is -0.391 e. The summed E-state index contributed by atoms with van der Waals surface area (Å²) in [7, 11) is 0. The van der Waals surface area contributed by atoms with Crippen LogP contribution in [0.3, 0.4) is 0 Å². The molecular formula is C14H24N2OS. The number of anilines is 1. The van der Waals surface area contributed by atoms with Gasteiger partial charge in [-0.3, -0.25) is 0 Å². The lowest BCUT2D eigenvalue weighted by Gasteiger charge is -2.35. The van der Waals surface area contributed by atoms with E-state index in [1.165, 1.54) is 25.7 Å². The van der Waals surface area contributed by atoms with Crippen molar-refractivity contribution in [2.24, 2.45) is 0 Å². The van der Waals surface area contributed by atoms with Crippen molar-refractivity contribution in [3.05, 3.63) is 10.6 Å². The monoisotopic (exact) mass is 268 g/mol. The first-order valence-corrected chi connectivity index (χ1v) is 7.97. The third-order valence-corrected chi connectivity index (χ3v) is 4.86. The molecule has 0 saturated carbocycles. The zero-order valence-electron chi connectivity index (χ0n) is 11.5. The molecule has 1 N–H and O–H groups in total. The Morgan fingerprint density at radius 2 is 2.22 bits per heavy atom. The highest BCUT2D eigenvalue weighted by Crippen LogP contribution is 2.32. The Morgan fingerprint density at radius 3 is 2.89 bits per heavy atom. The number of aromatic nitrogens is 1. The van der Waals surface area contributed by atoms with Gasteiger partial charge < -0.3 is 10.0 Å². The normalized spacial score (nSPS) is 20.4. The van der Waals surface area contributed by atoms with E-state index in [4.69, 9.17) is 4.98 Å². The van der Waals surface area contributed by atoms with Crippen LogP contribution in [-0.2, 0) is 13.0 Å². The van der Waals surface area contributed by atoms with Crippen LogP contribution in [0.4, 0.5) is 5.13 Å². The summed E-state index contributed by atoms with van der Waals surface area (Å²) < 4.78 is 0. The van der Waals surface area contributed by atoms with Crippen molar-refractivity contribution < 1.29 is 5.11 Å². The molecule has 0 bridgehead atoms. The molecule has 4 heteroatoms. The molecule has 1 aliphatic heterocycles. The molecule has 0 spiro atoms. The Morgan fingerprint density at radius 1 is 1.39 bits per heavy atom. The van der Waals surface area contributed by atoms with Gasteiger partial charge in [-0.15, -0.1) is 0 Å². The largest absolute Gasteiger partial charge is 0.391 e. The first-order valence-electron chi connectivity index (χ1n) is 7.16. The Bertz CT molecular complexity index is 378. The van der Waals surface area contributed by atoms with Gasteiger partial charge >= 0.3 is 0 Å². The van der Waals surface area contributed by atoms with Crippen LogP contribution in [-0.4, -0.2) is 22.7 Å². The van der Waals surface area contributed by atoms with E-state index in [1.807, 2.05) is 0 Å². The SMILES string of the molecule is CCCc1nc(N2CCCCC2CC)sc1CO. The lowest BCUT2D eigenvalue weighted by molar-refractivity contribution is 0.284. The van der Waals surface area contributed by atoms with Gasteiger partial charge in [0.2, 0.25) is 0 Å². The first-order chi connectivity index (χ1) is 8.80. The van der Waals surface area contributed by atoms with Crippen LogP contribution in [0, 0.1) is 0 Å². The molecule has 102 valence electrons. The van der Waals surface area contributed by atoms with Gasteiger partial charge in [-0.25, -0.2) is 4.98 Å². The summed E-state index contributed by atoms with van der Waals surface area (Å²) in [4.78, 5) is 8.30. The number of aliphatic hydroxyl groups is 1. The summed E-state index contributed by atoms with van der Waals surface area (Å²) >= 11 is 1.69. The van der Waals surface area contributed by atoms with Crippen LogP contribution in [0.1, 0.15) is 56.5 Å². The van der Waals surface area contributed by atoms with Gasteiger partial charge in [0.15, 0.2) is 5.13 Å². The summed E-state index contributed by atoms with van der Waals surface area (Å²) in [6, 6.07) is 0.644. The van der Waals surface area contributed by atoms with Crippen molar-refractivity contribution in [2.45, 2.75) is 65.0 Å². The van der Waals surface area contributed by atoms with Crippen LogP contribution < -0.4 is 4.90 Å². The van der Waals surface area contributed by atoms with E-state index in [9.17, 15) is 5.11 Å². The maximum Gasteiger partial charge on any atom is 0.186 e. The first kappa shape index (κ1) is 13.8. The molecule has 1 saturated heterocycles. The molecular weight excluding hydrogens is 244 g/mol. The van der Waals surface area contributed by atoms with E-state index >= 15 is 0 Å². The second kappa shape index (κ2) is 6.53. The standard InChI is InChI=1S/C14H24N2OS/c1-3-7-12-13(10-17)18-14(15-12)16-9-6-5-8-11(16)4-2/h11,17H,3-10H2,1-2H3. The van der Waals surface area contributed by atoms with Crippen molar-refractivity contribution >= 4 is 16.5 Å². The van der Waals surface area contributed by atoms with Crippen molar-refractivity contribution in [3.8, 4) is 0 Å². The van der Waals surface area contributed by atoms with E-state index in [0.717, 1.165) is 35.1 Å². The molecule has 0 amide bonds. The highest BCUT2D eigenvalue weighted by molar-refractivity contribution is 7.15. The fourth-order valence-electron chi connectivity index (χ4n) is 2.73. The number of thiazole rings is 1. The highest BCUT2D eigenvalue weighted by atomic mass is 32.1. The Kier molecular flexibility index (Phi) is 5.01. The average Bonchev–Trinajstić information content (AvgIpc) is 2.82. The predicted molar refractivity (Wildman–Crippen MR) is 77.3 cm³/mol. The number of nitrogens with zero attached hydrogens (tertiary/aromatic N) is 2. The van der Waals surface area contributed by atoms with Gasteiger partial charge in [0.25, 0.3) is 0 Å². The number of rotatable bonds is 5. The lowest BCUT2D eigenvalue weighted by Crippen LogP contribution is -2.39. The quantitative estimate of drug-likeness (QED) is 0.889. The van der Waals surface area contributed by atoms with E-state index in [2.05, 4.69) is 18.7 Å². The van der Waals surface area contributed by atoms with Crippen molar-refractivity contribution in [1.82, 2.24) is 4.98 Å². The molecule has 1 aliphatic rings. The molecule has 1 aromatic rings. The van der Waals surface area contributed by atoms with Crippen molar-refractivity contribution in [2.75, 3.05) is 11.4 Å². The minimum absolute atomic E-state index is 0.137. The van der Waals surface area contributed by atoms with Crippen molar-refractivity contribution in [1.29, 1.82) is 0 Å². The average molecular weight is 268 g/mol. The second-order valence-corrected chi connectivity index (χ2v) is 6.09. The number of hydrogen-bond donors (Lipinski definition) is 1. The van der Waals surface area contributed by atoms with E-state index in [-0.39, 0.29) is 6.61 Å². The summed E-state index contributed by atoms with van der Waals surface area (Å²) in [5.74, 6) is 0. The van der Waals surface area contributed by atoms with E-state index in [0.29, 0.717) is 6.04 Å². The summed E-state index contributed by atoms with van der Waals surface area (Å²) in [6.07, 6.45) is 7.16. The molecule has 0 aliphatic carbocycles. The lowest BCUT2D eigenvalue weighted by atomic mass is 10.0. The van der Waals surface area contributed by atoms with Crippen LogP contribution in [0.15, 0.2) is 0 Å². The zero-order valence-corrected chi connectivity index (χ0v) is 12.3. The smallest absolute Gasteiger partial charge is 0.186 e. The molecule has 2 heterocycles. The molecule has 0 aromatic carbocycles. The summed E-state index contributed by atoms with van der Waals surface area (Å²) in [5.41, 5.74) is 1.11. The molecule has 1 atom stereocenters. The molecule has 18 heavy (non-hydrogen) atoms.